The van der Waals surface area contributed by atoms with E-state index >= 15 is 0 Å². The number of pyridine rings is 6. The van der Waals surface area contributed by atoms with Crippen LogP contribution in [0.1, 0.15) is 33.4 Å². The van der Waals surface area contributed by atoms with Crippen LogP contribution in [0.5, 0.6) is 0 Å². The standard InChI is InChI=1S/C36H32N6/c1-25-7-13-37-31(19-25)33-21-27(9-15-39-33)3-5-29-11-17-41-35(23-29)36-24-30(12-18-42-36)6-4-28-10-16-40-34(22-28)32-20-26(2)8-14-38-32/h7-24H,3-6H2,1-2H3. The van der Waals surface area contributed by atoms with Crippen LogP contribution in [0.25, 0.3) is 34.2 Å². The molecule has 6 nitrogen and oxygen atoms in total. The molecule has 0 spiro atoms. The highest BCUT2D eigenvalue weighted by Crippen LogP contribution is 2.22. The van der Waals surface area contributed by atoms with E-state index < -0.39 is 0 Å². The largest absolute Gasteiger partial charge is 0.255 e. The average molecular weight is 549 g/mol. The van der Waals surface area contributed by atoms with E-state index in [1.807, 2.05) is 49.3 Å². The molecule has 0 radical (unpaired) electrons. The lowest BCUT2D eigenvalue weighted by Gasteiger charge is -2.08. The number of nitrogens with zero attached hydrogens (tertiary/aromatic N) is 6. The Kier molecular flexibility index (Phi) is 8.13. The molecule has 0 aliphatic carbocycles. The predicted molar refractivity (Wildman–Crippen MR) is 167 cm³/mol. The number of aromatic nitrogens is 6. The number of hydrogen-bond acceptors (Lipinski definition) is 6. The zero-order chi connectivity index (χ0) is 28.7. The van der Waals surface area contributed by atoms with Crippen molar-refractivity contribution in [3.8, 4) is 34.2 Å². The van der Waals surface area contributed by atoms with Crippen molar-refractivity contribution in [2.75, 3.05) is 0 Å². The summed E-state index contributed by atoms with van der Waals surface area (Å²) in [5.41, 5.74) is 12.7. The Morgan fingerprint density at radius 2 is 0.571 bits per heavy atom. The summed E-state index contributed by atoms with van der Waals surface area (Å²) in [6.45, 7) is 4.14. The summed E-state index contributed by atoms with van der Waals surface area (Å²) in [5.74, 6) is 0. The third kappa shape index (κ3) is 6.78. The van der Waals surface area contributed by atoms with E-state index in [4.69, 9.17) is 0 Å². The maximum atomic E-state index is 4.64. The van der Waals surface area contributed by atoms with Crippen LogP contribution in [-0.4, -0.2) is 29.9 Å². The maximum absolute atomic E-state index is 4.64. The van der Waals surface area contributed by atoms with Gasteiger partial charge < -0.3 is 0 Å². The van der Waals surface area contributed by atoms with Gasteiger partial charge in [-0.3, -0.25) is 29.9 Å². The van der Waals surface area contributed by atoms with Crippen molar-refractivity contribution in [3.05, 3.63) is 143 Å². The molecule has 0 aliphatic rings. The van der Waals surface area contributed by atoms with Crippen LogP contribution in [0.3, 0.4) is 0 Å². The van der Waals surface area contributed by atoms with Gasteiger partial charge in [0.25, 0.3) is 0 Å². The van der Waals surface area contributed by atoms with Gasteiger partial charge in [0.05, 0.1) is 34.2 Å². The molecular formula is C36H32N6. The molecule has 0 fully saturated rings. The summed E-state index contributed by atoms with van der Waals surface area (Å²) in [4.78, 5) is 27.3. The summed E-state index contributed by atoms with van der Waals surface area (Å²) >= 11 is 0. The lowest BCUT2D eigenvalue weighted by atomic mass is 10.0. The van der Waals surface area contributed by atoms with Crippen LogP contribution in [0.15, 0.2) is 110 Å². The highest BCUT2D eigenvalue weighted by molar-refractivity contribution is 5.58. The van der Waals surface area contributed by atoms with Crippen molar-refractivity contribution in [1.82, 2.24) is 29.9 Å². The molecule has 42 heavy (non-hydrogen) atoms. The molecule has 6 heterocycles. The number of rotatable bonds is 9. The number of hydrogen-bond donors (Lipinski definition) is 0. The highest BCUT2D eigenvalue weighted by Gasteiger charge is 2.08. The van der Waals surface area contributed by atoms with Crippen LogP contribution in [0, 0.1) is 13.8 Å². The molecule has 0 atom stereocenters. The summed E-state index contributed by atoms with van der Waals surface area (Å²) < 4.78 is 0. The lowest BCUT2D eigenvalue weighted by molar-refractivity contribution is 0.946. The Bertz CT molecular complexity index is 1700. The van der Waals surface area contributed by atoms with Gasteiger partial charge in [0, 0.05) is 37.2 Å². The van der Waals surface area contributed by atoms with Crippen molar-refractivity contribution < 1.29 is 0 Å². The first-order valence-corrected chi connectivity index (χ1v) is 14.3. The summed E-state index contributed by atoms with van der Waals surface area (Å²) in [6.07, 6.45) is 14.8. The first-order chi connectivity index (χ1) is 20.6. The third-order valence-electron chi connectivity index (χ3n) is 7.32. The Balaban J connectivity index is 1.12. The second-order valence-corrected chi connectivity index (χ2v) is 10.6. The van der Waals surface area contributed by atoms with Gasteiger partial charge in [0.2, 0.25) is 0 Å². The summed E-state index contributed by atoms with van der Waals surface area (Å²) in [6, 6.07) is 25.0. The van der Waals surface area contributed by atoms with E-state index in [0.717, 1.165) is 59.8 Å². The van der Waals surface area contributed by atoms with Crippen LogP contribution < -0.4 is 0 Å². The first kappa shape index (κ1) is 27.1. The van der Waals surface area contributed by atoms with Crippen molar-refractivity contribution in [2.24, 2.45) is 0 Å². The van der Waals surface area contributed by atoms with E-state index in [1.165, 1.54) is 33.4 Å². The average Bonchev–Trinajstić information content (AvgIpc) is 3.03. The fourth-order valence-electron chi connectivity index (χ4n) is 5.01. The fourth-order valence-corrected chi connectivity index (χ4v) is 5.01. The van der Waals surface area contributed by atoms with E-state index in [2.05, 4.69) is 104 Å². The van der Waals surface area contributed by atoms with E-state index in [1.54, 1.807) is 0 Å². The quantitative estimate of drug-likeness (QED) is 0.189. The third-order valence-corrected chi connectivity index (χ3v) is 7.32. The van der Waals surface area contributed by atoms with Crippen LogP contribution >= 0.6 is 0 Å². The van der Waals surface area contributed by atoms with Crippen LogP contribution in [0.2, 0.25) is 0 Å². The second kappa shape index (κ2) is 12.6. The molecule has 0 saturated heterocycles. The Labute approximate surface area is 246 Å². The molecular weight excluding hydrogens is 516 g/mol. The molecule has 6 aromatic heterocycles. The van der Waals surface area contributed by atoms with Gasteiger partial charge in [-0.15, -0.1) is 0 Å². The normalized spacial score (nSPS) is 11.0. The van der Waals surface area contributed by atoms with Crippen LogP contribution in [-0.2, 0) is 25.7 Å². The lowest BCUT2D eigenvalue weighted by Crippen LogP contribution is -1.97. The molecule has 206 valence electrons. The zero-order valence-electron chi connectivity index (χ0n) is 23.9. The smallest absolute Gasteiger partial charge is 0.0888 e. The second-order valence-electron chi connectivity index (χ2n) is 10.6. The fraction of sp³-hybridized carbons (Fsp3) is 0.167. The maximum Gasteiger partial charge on any atom is 0.0888 e. The van der Waals surface area contributed by atoms with Gasteiger partial charge in [0.1, 0.15) is 0 Å². The molecule has 0 aromatic carbocycles. The number of aryl methyl sites for hydroxylation is 6. The van der Waals surface area contributed by atoms with Crippen molar-refractivity contribution >= 4 is 0 Å². The van der Waals surface area contributed by atoms with Crippen molar-refractivity contribution in [2.45, 2.75) is 39.5 Å². The van der Waals surface area contributed by atoms with Crippen molar-refractivity contribution in [1.29, 1.82) is 0 Å². The minimum atomic E-state index is 0.894. The molecule has 0 N–H and O–H groups in total. The van der Waals surface area contributed by atoms with Gasteiger partial charge in [-0.2, -0.15) is 0 Å². The van der Waals surface area contributed by atoms with E-state index in [-0.39, 0.29) is 0 Å². The zero-order valence-corrected chi connectivity index (χ0v) is 23.9. The van der Waals surface area contributed by atoms with Gasteiger partial charge >= 0.3 is 0 Å². The molecule has 0 aliphatic heterocycles. The molecule has 6 heteroatoms. The highest BCUT2D eigenvalue weighted by atomic mass is 14.8. The van der Waals surface area contributed by atoms with Gasteiger partial charge in [0.15, 0.2) is 0 Å². The monoisotopic (exact) mass is 548 g/mol. The molecule has 0 amide bonds. The Hall–Kier alpha value is -5.10. The molecule has 6 aromatic rings. The SMILES string of the molecule is Cc1ccnc(-c2cc(CCc3ccnc(-c4cc(CCc5ccnc(-c6cc(C)ccn6)c5)ccn4)c3)ccn2)c1. The van der Waals surface area contributed by atoms with Gasteiger partial charge in [-0.25, -0.2) is 0 Å². The predicted octanol–water partition coefficient (Wildman–Crippen LogP) is 7.24. The minimum absolute atomic E-state index is 0.894. The molecule has 0 unspecified atom stereocenters. The summed E-state index contributed by atoms with van der Waals surface area (Å²) in [5, 5.41) is 0. The van der Waals surface area contributed by atoms with Crippen molar-refractivity contribution in [3.63, 3.8) is 0 Å². The summed E-state index contributed by atoms with van der Waals surface area (Å²) in [7, 11) is 0. The Morgan fingerprint density at radius 1 is 0.333 bits per heavy atom. The molecule has 0 saturated carbocycles. The molecule has 0 bridgehead atoms. The Morgan fingerprint density at radius 3 is 0.833 bits per heavy atom. The van der Waals surface area contributed by atoms with Crippen LogP contribution in [0.4, 0.5) is 0 Å². The van der Waals surface area contributed by atoms with E-state index in [9.17, 15) is 0 Å². The topological polar surface area (TPSA) is 77.3 Å². The van der Waals surface area contributed by atoms with Gasteiger partial charge in [-0.05, 0) is 146 Å². The van der Waals surface area contributed by atoms with E-state index in [0.29, 0.717) is 0 Å². The first-order valence-electron chi connectivity index (χ1n) is 14.3. The van der Waals surface area contributed by atoms with Gasteiger partial charge in [-0.1, -0.05) is 0 Å². The molecule has 6 rings (SSSR count). The minimum Gasteiger partial charge on any atom is -0.255 e.